The number of nitrogens with zero attached hydrogens (tertiary/aromatic N) is 5. The largest absolute Gasteiger partial charge is 0.349 e. The average Bonchev–Trinajstić information content (AvgIpc) is 3.49. The lowest BCUT2D eigenvalue weighted by Gasteiger charge is -2.40. The monoisotopic (exact) mass is 669 g/mol. The highest BCUT2D eigenvalue weighted by Crippen LogP contribution is 2.45. The van der Waals surface area contributed by atoms with Gasteiger partial charge < -0.3 is 10.6 Å². The lowest BCUT2D eigenvalue weighted by atomic mass is 9.68. The number of aliphatic imine (C=N–C) groups is 1. The summed E-state index contributed by atoms with van der Waals surface area (Å²) in [5, 5.41) is 14.9. The highest BCUT2D eigenvalue weighted by atomic mass is 19.3. The van der Waals surface area contributed by atoms with E-state index in [4.69, 9.17) is 0 Å². The number of rotatable bonds is 11. The van der Waals surface area contributed by atoms with Crippen LogP contribution in [0.4, 0.5) is 26.3 Å². The topological polar surface area (TPSA) is 104 Å². The Kier molecular flexibility index (Phi) is 10.5. The van der Waals surface area contributed by atoms with Crippen LogP contribution >= 0.6 is 0 Å². The zero-order valence-electron chi connectivity index (χ0n) is 26.7. The molecule has 3 aliphatic rings. The number of hydrogen-bond donors (Lipinski definition) is 2. The van der Waals surface area contributed by atoms with Crippen molar-refractivity contribution < 1.29 is 35.9 Å². The first-order valence-electron chi connectivity index (χ1n) is 15.6. The molecule has 0 saturated heterocycles. The molecule has 0 bridgehead atoms. The van der Waals surface area contributed by atoms with E-state index < -0.39 is 60.4 Å². The first-order valence-corrected chi connectivity index (χ1v) is 15.6. The summed E-state index contributed by atoms with van der Waals surface area (Å²) in [5.41, 5.74) is -0.941. The van der Waals surface area contributed by atoms with E-state index in [1.165, 1.54) is 29.7 Å². The second-order valence-corrected chi connectivity index (χ2v) is 12.9. The van der Waals surface area contributed by atoms with Crippen molar-refractivity contribution in [3.8, 4) is 0 Å². The molecular formula is C32H41F6N7O2. The Morgan fingerprint density at radius 3 is 2.26 bits per heavy atom. The molecule has 47 heavy (non-hydrogen) atoms. The number of carbonyl (C=O) groups excluding carboxylic acids is 2. The van der Waals surface area contributed by atoms with Gasteiger partial charge in [0, 0.05) is 51.0 Å². The first kappa shape index (κ1) is 35.9. The van der Waals surface area contributed by atoms with Gasteiger partial charge in [0.05, 0.1) is 29.9 Å². The molecule has 0 aromatic carbocycles. The Morgan fingerprint density at radius 1 is 1.09 bits per heavy atom. The summed E-state index contributed by atoms with van der Waals surface area (Å²) in [4.78, 5) is 31.1. The molecule has 9 nitrogen and oxygen atoms in total. The van der Waals surface area contributed by atoms with Crippen molar-refractivity contribution in [1.82, 2.24) is 25.4 Å². The van der Waals surface area contributed by atoms with Crippen LogP contribution in [0, 0.1) is 11.3 Å². The predicted molar refractivity (Wildman–Crippen MR) is 165 cm³/mol. The van der Waals surface area contributed by atoms with Crippen molar-refractivity contribution in [2.75, 3.05) is 6.54 Å². The predicted octanol–water partition coefficient (Wildman–Crippen LogP) is 6.64. The molecule has 258 valence electrons. The van der Waals surface area contributed by atoms with Crippen LogP contribution in [0.25, 0.3) is 0 Å². The van der Waals surface area contributed by atoms with Crippen molar-refractivity contribution in [3.05, 3.63) is 54.8 Å². The van der Waals surface area contributed by atoms with Crippen molar-refractivity contribution in [1.29, 1.82) is 0 Å². The third kappa shape index (κ3) is 8.52. The average molecular weight is 670 g/mol. The van der Waals surface area contributed by atoms with Crippen LogP contribution in [-0.4, -0.2) is 68.9 Å². The van der Waals surface area contributed by atoms with E-state index in [-0.39, 0.29) is 67.7 Å². The molecule has 2 saturated carbocycles. The van der Waals surface area contributed by atoms with Gasteiger partial charge in [-0.25, -0.2) is 36.3 Å². The number of carbonyl (C=O) groups is 2. The molecule has 2 heterocycles. The molecule has 2 fully saturated rings. The van der Waals surface area contributed by atoms with Gasteiger partial charge >= 0.3 is 0 Å². The van der Waals surface area contributed by atoms with Crippen LogP contribution in [0.1, 0.15) is 88.7 Å². The number of alkyl halides is 6. The van der Waals surface area contributed by atoms with Crippen LogP contribution in [-0.2, 0) is 4.79 Å². The molecule has 4 rings (SSSR count). The van der Waals surface area contributed by atoms with Gasteiger partial charge in [0.25, 0.3) is 11.8 Å². The Bertz CT molecular complexity index is 1440. The van der Waals surface area contributed by atoms with Crippen molar-refractivity contribution in [2.45, 2.75) is 102 Å². The summed E-state index contributed by atoms with van der Waals surface area (Å²) in [7, 11) is 0. The van der Waals surface area contributed by atoms with Gasteiger partial charge in [0.2, 0.25) is 17.8 Å². The molecule has 0 spiro atoms. The Morgan fingerprint density at radius 2 is 1.70 bits per heavy atom. The number of aromatic nitrogens is 2. The maximum absolute atomic E-state index is 14.1. The third-order valence-electron chi connectivity index (χ3n) is 8.92. The van der Waals surface area contributed by atoms with Gasteiger partial charge in [0.1, 0.15) is 11.5 Å². The van der Waals surface area contributed by atoms with Crippen LogP contribution in [0.5, 0.6) is 0 Å². The van der Waals surface area contributed by atoms with Crippen molar-refractivity contribution in [2.24, 2.45) is 21.4 Å². The van der Waals surface area contributed by atoms with Gasteiger partial charge in [-0.15, -0.1) is 0 Å². The fourth-order valence-corrected chi connectivity index (χ4v) is 6.18. The molecule has 0 radical (unpaired) electrons. The van der Waals surface area contributed by atoms with Crippen LogP contribution in [0.15, 0.2) is 59.2 Å². The van der Waals surface area contributed by atoms with Crippen molar-refractivity contribution in [3.63, 3.8) is 0 Å². The Balaban J connectivity index is 1.63. The van der Waals surface area contributed by atoms with E-state index in [0.29, 0.717) is 12.5 Å². The van der Waals surface area contributed by atoms with Gasteiger partial charge in [-0.3, -0.25) is 14.3 Å². The van der Waals surface area contributed by atoms with E-state index in [1.807, 2.05) is 13.8 Å². The highest BCUT2D eigenvalue weighted by Gasteiger charge is 2.51. The molecule has 1 aromatic rings. The standard InChI is InChI=1S/C32H41F6N7O2/c1-6-22(26(23-7-10-31(35,36)11-8-23)43-27(46)24-9-16-40-45(24)20(2)3)18-44-21(4)42-25(17-41-44)30(12-14-32(37,38)15-13-30)28(47)39-19-29(5,33)34/h6,9,16-18,20,23,26H,1,4,7-8,10-15,19H2,2-3,5H3,(H,39,47)(H,43,46)/b22-18+/t26-/m1/s1. The number of nitrogens with one attached hydrogen (secondary N) is 2. The van der Waals surface area contributed by atoms with E-state index in [9.17, 15) is 35.9 Å². The summed E-state index contributed by atoms with van der Waals surface area (Å²) < 4.78 is 85.2. The van der Waals surface area contributed by atoms with Gasteiger partial charge in [-0.1, -0.05) is 19.2 Å². The van der Waals surface area contributed by atoms with E-state index in [1.54, 1.807) is 10.7 Å². The fourth-order valence-electron chi connectivity index (χ4n) is 6.18. The number of halogens is 6. The Hall–Kier alpha value is -3.91. The van der Waals surface area contributed by atoms with Crippen LogP contribution < -0.4 is 10.6 Å². The summed E-state index contributed by atoms with van der Waals surface area (Å²) in [6.07, 6.45) is 3.18. The van der Waals surface area contributed by atoms with Gasteiger partial charge in [-0.05, 0) is 57.1 Å². The lowest BCUT2D eigenvalue weighted by Crippen LogP contribution is -2.53. The molecule has 1 aliphatic heterocycles. The minimum atomic E-state index is -3.22. The van der Waals surface area contributed by atoms with E-state index in [2.05, 4.69) is 39.0 Å². The highest BCUT2D eigenvalue weighted by molar-refractivity contribution is 6.38. The molecule has 0 unspecified atom stereocenters. The quantitative estimate of drug-likeness (QED) is 0.204. The smallest absolute Gasteiger partial charge is 0.270 e. The van der Waals surface area contributed by atoms with Crippen molar-refractivity contribution >= 4 is 23.7 Å². The molecule has 15 heteroatoms. The molecule has 1 aromatic heterocycles. The molecule has 2 amide bonds. The first-order chi connectivity index (χ1) is 21.9. The maximum atomic E-state index is 14.1. The zero-order chi connectivity index (χ0) is 34.8. The number of hydrogen-bond acceptors (Lipinski definition) is 6. The molecule has 2 N–H and O–H groups in total. The van der Waals surface area contributed by atoms with Gasteiger partial charge in [0.15, 0.2) is 0 Å². The molecule has 2 aliphatic carbocycles. The molecule has 1 atom stereocenters. The summed E-state index contributed by atoms with van der Waals surface area (Å²) in [6.45, 7) is 11.1. The minimum absolute atomic E-state index is 0.000958. The third-order valence-corrected chi connectivity index (χ3v) is 8.92. The minimum Gasteiger partial charge on any atom is -0.349 e. The van der Waals surface area contributed by atoms with Crippen LogP contribution in [0.3, 0.4) is 0 Å². The maximum Gasteiger partial charge on any atom is 0.270 e. The lowest BCUT2D eigenvalue weighted by molar-refractivity contribution is -0.134. The summed E-state index contributed by atoms with van der Waals surface area (Å²) in [5.74, 6) is -10.8. The fraction of sp³-hybridized carbons (Fsp3) is 0.594. The zero-order valence-corrected chi connectivity index (χ0v) is 26.7. The second-order valence-electron chi connectivity index (χ2n) is 12.9. The summed E-state index contributed by atoms with van der Waals surface area (Å²) >= 11 is 0. The van der Waals surface area contributed by atoms with Crippen LogP contribution in [0.2, 0.25) is 0 Å². The normalized spacial score (nSPS) is 22.1. The van der Waals surface area contributed by atoms with Gasteiger partial charge in [-0.2, -0.15) is 10.2 Å². The second kappa shape index (κ2) is 13.7. The number of amides is 2. The Labute approximate surface area is 269 Å². The van der Waals surface area contributed by atoms with E-state index >= 15 is 0 Å². The SMILES string of the molecule is C=C/C(=C\N1N=CC(C2(C(=O)NCC(C)(F)F)CCC(F)(F)CC2)=NC1=C)[C@@H](NC(=O)c1ccnn1C(C)C)C1CCC(F)(F)CC1. The number of hydrazone groups is 1. The summed E-state index contributed by atoms with van der Waals surface area (Å²) in [6, 6.07) is 0.665. The van der Waals surface area contributed by atoms with E-state index in [0.717, 1.165) is 0 Å². The molecular weight excluding hydrogens is 628 g/mol.